The number of thioether (sulfide) groups is 1. The first-order chi connectivity index (χ1) is 12.2. The fourth-order valence-corrected chi connectivity index (χ4v) is 3.66. The predicted octanol–water partition coefficient (Wildman–Crippen LogP) is 2.74. The summed E-state index contributed by atoms with van der Waals surface area (Å²) in [6, 6.07) is 19.9. The Bertz CT molecular complexity index is 706. The van der Waals surface area contributed by atoms with Gasteiger partial charge in [0.15, 0.2) is 0 Å². The molecule has 5 heteroatoms. The van der Waals surface area contributed by atoms with E-state index < -0.39 is 0 Å². The molecule has 1 atom stereocenters. The van der Waals surface area contributed by atoms with Gasteiger partial charge in [0.2, 0.25) is 11.8 Å². The van der Waals surface area contributed by atoms with Crippen molar-refractivity contribution in [3.05, 3.63) is 66.2 Å². The first-order valence-electron chi connectivity index (χ1n) is 8.49. The normalized spacial score (nSPS) is 16.9. The number of nitrogens with one attached hydrogen (secondary N) is 1. The standard InChI is InChI=1S/C20H22N2O2S/c23-19(15-25-18-9-5-2-6-10-18)21-17-13-20(24)22(14-17)12-11-16-7-3-1-4-8-16/h1-10,17H,11-15H2,(H,21,23)/t17-/m0/s1. The van der Waals surface area contributed by atoms with Crippen LogP contribution in [0.4, 0.5) is 0 Å². The number of hydrogen-bond donors (Lipinski definition) is 1. The molecular weight excluding hydrogens is 332 g/mol. The molecule has 2 amide bonds. The van der Waals surface area contributed by atoms with Gasteiger partial charge in [-0.25, -0.2) is 0 Å². The van der Waals surface area contributed by atoms with Crippen molar-refractivity contribution >= 4 is 23.6 Å². The minimum atomic E-state index is -0.0767. The van der Waals surface area contributed by atoms with Gasteiger partial charge in [-0.15, -0.1) is 11.8 Å². The van der Waals surface area contributed by atoms with Gasteiger partial charge in [-0.3, -0.25) is 9.59 Å². The van der Waals surface area contributed by atoms with Crippen molar-refractivity contribution in [3.8, 4) is 0 Å². The molecule has 1 aliphatic heterocycles. The molecular formula is C20H22N2O2S. The van der Waals surface area contributed by atoms with Crippen molar-refractivity contribution in [2.24, 2.45) is 0 Å². The lowest BCUT2D eigenvalue weighted by molar-refractivity contribution is -0.127. The second-order valence-electron chi connectivity index (χ2n) is 6.15. The molecule has 25 heavy (non-hydrogen) atoms. The summed E-state index contributed by atoms with van der Waals surface area (Å²) >= 11 is 1.51. The first-order valence-corrected chi connectivity index (χ1v) is 9.48. The number of hydrogen-bond acceptors (Lipinski definition) is 3. The highest BCUT2D eigenvalue weighted by Gasteiger charge is 2.30. The third-order valence-electron chi connectivity index (χ3n) is 4.21. The van der Waals surface area contributed by atoms with Crippen LogP contribution in [0.5, 0.6) is 0 Å². The second kappa shape index (κ2) is 8.72. The van der Waals surface area contributed by atoms with Gasteiger partial charge < -0.3 is 10.2 Å². The van der Waals surface area contributed by atoms with E-state index in [0.29, 0.717) is 25.3 Å². The molecule has 130 valence electrons. The number of nitrogens with zero attached hydrogens (tertiary/aromatic N) is 1. The smallest absolute Gasteiger partial charge is 0.230 e. The van der Waals surface area contributed by atoms with Crippen LogP contribution in [0.25, 0.3) is 0 Å². The monoisotopic (exact) mass is 354 g/mol. The van der Waals surface area contributed by atoms with Crippen molar-refractivity contribution in [2.75, 3.05) is 18.8 Å². The van der Waals surface area contributed by atoms with Crippen molar-refractivity contribution in [3.63, 3.8) is 0 Å². The van der Waals surface area contributed by atoms with Crippen molar-refractivity contribution in [2.45, 2.75) is 23.8 Å². The van der Waals surface area contributed by atoms with Crippen molar-refractivity contribution in [1.29, 1.82) is 0 Å². The summed E-state index contributed by atoms with van der Waals surface area (Å²) in [7, 11) is 0. The lowest BCUT2D eigenvalue weighted by Gasteiger charge is -2.17. The maximum atomic E-state index is 12.1. The van der Waals surface area contributed by atoms with Crippen LogP contribution in [-0.4, -0.2) is 41.6 Å². The van der Waals surface area contributed by atoms with Gasteiger partial charge in [0, 0.05) is 24.4 Å². The topological polar surface area (TPSA) is 49.4 Å². The summed E-state index contributed by atoms with van der Waals surface area (Å²) < 4.78 is 0. The lowest BCUT2D eigenvalue weighted by atomic mass is 10.1. The van der Waals surface area contributed by atoms with Crippen LogP contribution in [0.3, 0.4) is 0 Å². The molecule has 1 N–H and O–H groups in total. The molecule has 1 heterocycles. The molecule has 2 aromatic rings. The highest BCUT2D eigenvalue weighted by Crippen LogP contribution is 2.17. The van der Waals surface area contributed by atoms with Crippen LogP contribution in [0.15, 0.2) is 65.6 Å². The Balaban J connectivity index is 1.41. The van der Waals surface area contributed by atoms with Gasteiger partial charge >= 0.3 is 0 Å². The fraction of sp³-hybridized carbons (Fsp3) is 0.300. The van der Waals surface area contributed by atoms with Gasteiger partial charge in [0.05, 0.1) is 11.8 Å². The number of benzene rings is 2. The Morgan fingerprint density at radius 3 is 2.48 bits per heavy atom. The van der Waals surface area contributed by atoms with E-state index in [2.05, 4.69) is 17.4 Å². The van der Waals surface area contributed by atoms with Gasteiger partial charge in [0.1, 0.15) is 0 Å². The molecule has 2 aromatic carbocycles. The molecule has 0 saturated carbocycles. The fourth-order valence-electron chi connectivity index (χ4n) is 2.93. The van der Waals surface area contributed by atoms with E-state index in [4.69, 9.17) is 0 Å². The summed E-state index contributed by atoms with van der Waals surface area (Å²) in [4.78, 5) is 27.2. The summed E-state index contributed by atoms with van der Waals surface area (Å²) in [5, 5.41) is 2.99. The maximum Gasteiger partial charge on any atom is 0.230 e. The molecule has 0 aromatic heterocycles. The van der Waals surface area contributed by atoms with E-state index in [0.717, 1.165) is 11.3 Å². The van der Waals surface area contributed by atoms with Crippen LogP contribution in [0.2, 0.25) is 0 Å². The van der Waals surface area contributed by atoms with E-state index >= 15 is 0 Å². The molecule has 1 fully saturated rings. The van der Waals surface area contributed by atoms with Crippen LogP contribution in [0, 0.1) is 0 Å². The van der Waals surface area contributed by atoms with Crippen molar-refractivity contribution < 1.29 is 9.59 Å². The van der Waals surface area contributed by atoms with E-state index in [1.54, 1.807) is 0 Å². The van der Waals surface area contributed by atoms with E-state index in [9.17, 15) is 9.59 Å². The maximum absolute atomic E-state index is 12.1. The molecule has 0 unspecified atom stereocenters. The van der Waals surface area contributed by atoms with Gasteiger partial charge in [-0.1, -0.05) is 48.5 Å². The van der Waals surface area contributed by atoms with Gasteiger partial charge in [-0.05, 0) is 24.1 Å². The molecule has 4 nitrogen and oxygen atoms in total. The zero-order valence-electron chi connectivity index (χ0n) is 14.1. The Morgan fingerprint density at radius 2 is 1.76 bits per heavy atom. The largest absolute Gasteiger partial charge is 0.350 e. The second-order valence-corrected chi connectivity index (χ2v) is 7.19. The predicted molar refractivity (Wildman–Crippen MR) is 100 cm³/mol. The SMILES string of the molecule is O=C(CSc1ccccc1)N[C@H]1CC(=O)N(CCc2ccccc2)C1. The zero-order valence-corrected chi connectivity index (χ0v) is 14.9. The van der Waals surface area contributed by atoms with Crippen LogP contribution < -0.4 is 5.32 Å². The number of likely N-dealkylation sites (tertiary alicyclic amines) is 1. The third-order valence-corrected chi connectivity index (χ3v) is 5.22. The molecule has 1 saturated heterocycles. The average Bonchev–Trinajstić information content (AvgIpc) is 2.99. The molecule has 0 spiro atoms. The Kier molecular flexibility index (Phi) is 6.12. The van der Waals surface area contributed by atoms with Gasteiger partial charge in [0.25, 0.3) is 0 Å². The zero-order chi connectivity index (χ0) is 17.5. The average molecular weight is 354 g/mol. The minimum Gasteiger partial charge on any atom is -0.350 e. The van der Waals surface area contributed by atoms with Crippen LogP contribution >= 0.6 is 11.8 Å². The number of rotatable bonds is 7. The Labute approximate surface area is 152 Å². The molecule has 0 bridgehead atoms. The summed E-state index contributed by atoms with van der Waals surface area (Å²) in [5.74, 6) is 0.479. The molecule has 0 aliphatic carbocycles. The van der Waals surface area contributed by atoms with E-state index in [1.807, 2.05) is 53.4 Å². The molecule has 3 rings (SSSR count). The Hall–Kier alpha value is -2.27. The summed E-state index contributed by atoms with van der Waals surface area (Å²) in [5.41, 5.74) is 1.22. The highest BCUT2D eigenvalue weighted by molar-refractivity contribution is 8.00. The van der Waals surface area contributed by atoms with Crippen LogP contribution in [0.1, 0.15) is 12.0 Å². The van der Waals surface area contributed by atoms with Crippen LogP contribution in [-0.2, 0) is 16.0 Å². The summed E-state index contributed by atoms with van der Waals surface area (Å²) in [6.45, 7) is 1.31. The third kappa shape index (κ3) is 5.36. The first kappa shape index (κ1) is 17.5. The quantitative estimate of drug-likeness (QED) is 0.778. The lowest BCUT2D eigenvalue weighted by Crippen LogP contribution is -2.38. The Morgan fingerprint density at radius 1 is 1.08 bits per heavy atom. The number of amides is 2. The van der Waals surface area contributed by atoms with E-state index in [1.165, 1.54) is 17.3 Å². The number of carbonyl (C=O) groups excluding carboxylic acids is 2. The van der Waals surface area contributed by atoms with Gasteiger partial charge in [-0.2, -0.15) is 0 Å². The minimum absolute atomic E-state index is 0.0171. The molecule has 0 radical (unpaired) electrons. The molecule has 1 aliphatic rings. The van der Waals surface area contributed by atoms with E-state index in [-0.39, 0.29) is 17.9 Å². The van der Waals surface area contributed by atoms with Crippen molar-refractivity contribution in [1.82, 2.24) is 10.2 Å². The highest BCUT2D eigenvalue weighted by atomic mass is 32.2. The number of carbonyl (C=O) groups is 2. The summed E-state index contributed by atoms with van der Waals surface area (Å²) in [6.07, 6.45) is 1.24.